The average Bonchev–Trinajstić information content (AvgIpc) is 3.78. The van der Waals surface area contributed by atoms with Crippen molar-refractivity contribution in [3.63, 3.8) is 0 Å². The Labute approximate surface area is 380 Å². The van der Waals surface area contributed by atoms with Crippen LogP contribution in [-0.4, -0.2) is 0 Å². The van der Waals surface area contributed by atoms with Crippen molar-refractivity contribution < 1.29 is 0 Å². The molecule has 64 heavy (non-hydrogen) atoms. The van der Waals surface area contributed by atoms with Crippen molar-refractivity contribution in [1.29, 1.82) is 0 Å². The first-order valence-corrected chi connectivity index (χ1v) is 23.1. The maximum atomic E-state index is 2.54. The Balaban J connectivity index is 1.17. The average molecular weight is 826 g/mol. The van der Waals surface area contributed by atoms with Crippen molar-refractivity contribution in [2.75, 3.05) is 4.90 Å². The first-order valence-electron chi connectivity index (χ1n) is 23.1. The third-order valence-corrected chi connectivity index (χ3v) is 14.1. The van der Waals surface area contributed by atoms with E-state index >= 15 is 0 Å². The van der Waals surface area contributed by atoms with Crippen LogP contribution in [0.25, 0.3) is 50.1 Å². The zero-order valence-corrected chi connectivity index (χ0v) is 37.9. The predicted octanol–water partition coefficient (Wildman–Crippen LogP) is 17.2. The molecule has 1 spiro atoms. The summed E-state index contributed by atoms with van der Waals surface area (Å²) in [7, 11) is 0. The van der Waals surface area contributed by atoms with Gasteiger partial charge < -0.3 is 4.90 Å². The second-order valence-electron chi connectivity index (χ2n) is 20.0. The summed E-state index contributed by atoms with van der Waals surface area (Å²) in [5.41, 5.74) is 23.7. The van der Waals surface area contributed by atoms with Gasteiger partial charge in [0.2, 0.25) is 0 Å². The van der Waals surface area contributed by atoms with Crippen LogP contribution in [0.2, 0.25) is 0 Å². The molecule has 0 aliphatic heterocycles. The Hall–Kier alpha value is -6.96. The Morgan fingerprint density at radius 3 is 1.44 bits per heavy atom. The van der Waals surface area contributed by atoms with Crippen molar-refractivity contribution in [3.8, 4) is 44.5 Å². The topological polar surface area (TPSA) is 3.24 Å². The zero-order valence-electron chi connectivity index (χ0n) is 37.9. The Morgan fingerprint density at radius 1 is 0.375 bits per heavy atom. The molecular formula is C63H55N. The normalized spacial score (nSPS) is 14.4. The standard InChI is InChI=1S/C63H55N/c1-61(2,3)43-33-36-52-53-37-34-44(62(4,5)6)40-58(53)63(57(52)39-43)56-31-19-17-29-51(56)54-38-35-46(41-59(54)63)64(45-23-11-8-12-24-45)60-32-20-18-30-55(60)50-28-16-15-27-49(50)48-26-14-13-25-47(48)42-21-9-7-10-22-42/h8-9,11-41H,7,10H2,1-6H3. The first-order chi connectivity index (χ1) is 31.0. The van der Waals surface area contributed by atoms with Crippen LogP contribution in [0.15, 0.2) is 200 Å². The summed E-state index contributed by atoms with van der Waals surface area (Å²) in [5, 5.41) is 0. The summed E-state index contributed by atoms with van der Waals surface area (Å²) in [6.07, 6.45) is 9.15. The zero-order chi connectivity index (χ0) is 43.8. The fraction of sp³-hybridized carbons (Fsp3) is 0.175. The highest BCUT2D eigenvalue weighted by Gasteiger charge is 2.52. The van der Waals surface area contributed by atoms with Crippen molar-refractivity contribution >= 4 is 22.6 Å². The van der Waals surface area contributed by atoms with Gasteiger partial charge in [0.1, 0.15) is 0 Å². The number of fused-ring (bicyclic) bond motifs is 10. The van der Waals surface area contributed by atoms with Crippen LogP contribution in [0.1, 0.15) is 93.3 Å². The molecule has 0 saturated carbocycles. The summed E-state index contributed by atoms with van der Waals surface area (Å²) < 4.78 is 0. The van der Waals surface area contributed by atoms with Crippen LogP contribution in [-0.2, 0) is 16.2 Å². The van der Waals surface area contributed by atoms with Gasteiger partial charge in [0.15, 0.2) is 0 Å². The molecule has 3 aliphatic carbocycles. The predicted molar refractivity (Wildman–Crippen MR) is 272 cm³/mol. The number of hydrogen-bond donors (Lipinski definition) is 0. The minimum Gasteiger partial charge on any atom is -0.310 e. The van der Waals surface area contributed by atoms with E-state index in [0.717, 1.165) is 29.9 Å². The number of rotatable bonds is 6. The lowest BCUT2D eigenvalue weighted by molar-refractivity contribution is 0.586. The molecule has 11 rings (SSSR count). The fourth-order valence-corrected chi connectivity index (χ4v) is 10.9. The second kappa shape index (κ2) is 15.1. The molecule has 0 amide bonds. The summed E-state index contributed by atoms with van der Waals surface area (Å²) in [4.78, 5) is 2.50. The van der Waals surface area contributed by atoms with Gasteiger partial charge in [-0.1, -0.05) is 211 Å². The van der Waals surface area contributed by atoms with Crippen LogP contribution in [0.3, 0.4) is 0 Å². The maximum Gasteiger partial charge on any atom is 0.0726 e. The fourth-order valence-electron chi connectivity index (χ4n) is 10.9. The van der Waals surface area contributed by atoms with E-state index in [4.69, 9.17) is 0 Å². The molecule has 312 valence electrons. The SMILES string of the molecule is CC(C)(C)c1ccc2c(c1)C1(c3ccccc3-c3ccc(N(c4ccccc4)c4ccccc4-c4ccccc4-c4ccccc4C4=CCCC=C4)cc31)c1cc(C(C)(C)C)ccc1-2. The van der Waals surface area contributed by atoms with E-state index in [0.29, 0.717) is 0 Å². The Morgan fingerprint density at radius 2 is 0.844 bits per heavy atom. The van der Waals surface area contributed by atoms with E-state index in [-0.39, 0.29) is 10.8 Å². The van der Waals surface area contributed by atoms with E-state index < -0.39 is 5.41 Å². The number of allylic oxidation sites excluding steroid dienone is 4. The van der Waals surface area contributed by atoms with Crippen LogP contribution >= 0.6 is 0 Å². The van der Waals surface area contributed by atoms with E-state index in [2.05, 4.69) is 247 Å². The van der Waals surface area contributed by atoms with Crippen molar-refractivity contribution in [1.82, 2.24) is 0 Å². The van der Waals surface area contributed by atoms with E-state index in [1.165, 1.54) is 89.0 Å². The van der Waals surface area contributed by atoms with Gasteiger partial charge in [-0.05, 0) is 137 Å². The third-order valence-electron chi connectivity index (χ3n) is 14.1. The minimum absolute atomic E-state index is 0.0148. The molecule has 0 unspecified atom stereocenters. The van der Waals surface area contributed by atoms with Gasteiger partial charge in [-0.2, -0.15) is 0 Å². The van der Waals surface area contributed by atoms with Crippen LogP contribution in [0.5, 0.6) is 0 Å². The lowest BCUT2D eigenvalue weighted by Gasteiger charge is -2.34. The molecule has 0 atom stereocenters. The molecule has 1 heteroatoms. The Bertz CT molecular complexity index is 3120. The van der Waals surface area contributed by atoms with Crippen LogP contribution < -0.4 is 4.90 Å². The smallest absolute Gasteiger partial charge is 0.0726 e. The molecule has 8 aromatic rings. The molecule has 0 bridgehead atoms. The summed E-state index contributed by atoms with van der Waals surface area (Å²) in [6, 6.07) is 69.0. The van der Waals surface area contributed by atoms with Crippen molar-refractivity contribution in [2.45, 2.75) is 70.6 Å². The lowest BCUT2D eigenvalue weighted by Crippen LogP contribution is -2.27. The minimum atomic E-state index is -0.504. The summed E-state index contributed by atoms with van der Waals surface area (Å²) >= 11 is 0. The highest BCUT2D eigenvalue weighted by atomic mass is 15.1. The maximum absolute atomic E-state index is 2.54. The number of hydrogen-bond acceptors (Lipinski definition) is 1. The lowest BCUT2D eigenvalue weighted by atomic mass is 9.68. The number of nitrogens with zero attached hydrogens (tertiary/aromatic N) is 1. The van der Waals surface area contributed by atoms with Crippen LogP contribution in [0.4, 0.5) is 17.1 Å². The quantitative estimate of drug-likeness (QED) is 0.161. The molecule has 0 saturated heterocycles. The van der Waals surface area contributed by atoms with E-state index in [1.54, 1.807) is 0 Å². The monoisotopic (exact) mass is 825 g/mol. The van der Waals surface area contributed by atoms with E-state index in [1.807, 2.05) is 0 Å². The van der Waals surface area contributed by atoms with Gasteiger partial charge in [0, 0.05) is 16.9 Å². The van der Waals surface area contributed by atoms with Gasteiger partial charge in [-0.15, -0.1) is 0 Å². The largest absolute Gasteiger partial charge is 0.310 e. The number of benzene rings is 8. The van der Waals surface area contributed by atoms with Gasteiger partial charge in [0.25, 0.3) is 0 Å². The third kappa shape index (κ3) is 6.28. The molecule has 0 heterocycles. The summed E-state index contributed by atoms with van der Waals surface area (Å²) in [5.74, 6) is 0. The van der Waals surface area contributed by atoms with Crippen LogP contribution in [0, 0.1) is 0 Å². The molecule has 0 aromatic heterocycles. The van der Waals surface area contributed by atoms with Gasteiger partial charge in [-0.25, -0.2) is 0 Å². The second-order valence-corrected chi connectivity index (χ2v) is 20.0. The number of anilines is 3. The first kappa shape index (κ1) is 39.9. The highest BCUT2D eigenvalue weighted by molar-refractivity contribution is 5.99. The molecule has 8 aromatic carbocycles. The van der Waals surface area contributed by atoms with Crippen molar-refractivity contribution in [2.24, 2.45) is 0 Å². The summed E-state index contributed by atoms with van der Waals surface area (Å²) in [6.45, 7) is 14.0. The van der Waals surface area contributed by atoms with Gasteiger partial charge >= 0.3 is 0 Å². The molecule has 0 radical (unpaired) electrons. The molecule has 0 N–H and O–H groups in total. The van der Waals surface area contributed by atoms with E-state index in [9.17, 15) is 0 Å². The molecular weight excluding hydrogens is 771 g/mol. The molecule has 1 nitrogen and oxygen atoms in total. The highest BCUT2D eigenvalue weighted by Crippen LogP contribution is 2.64. The number of para-hydroxylation sites is 2. The molecule has 0 fully saturated rings. The van der Waals surface area contributed by atoms with Gasteiger partial charge in [-0.3, -0.25) is 0 Å². The van der Waals surface area contributed by atoms with Crippen molar-refractivity contribution in [3.05, 3.63) is 239 Å². The van der Waals surface area contributed by atoms with Gasteiger partial charge in [0.05, 0.1) is 11.1 Å². The Kier molecular flexibility index (Phi) is 9.40. The molecule has 3 aliphatic rings.